The van der Waals surface area contributed by atoms with Crippen LogP contribution in [0.25, 0.3) is 0 Å². The number of nitrogens with one attached hydrogen (secondary N) is 3. The van der Waals surface area contributed by atoms with Crippen molar-refractivity contribution < 1.29 is 17.9 Å². The lowest BCUT2D eigenvalue weighted by atomic mass is 9.85. The molecule has 152 valence electrons. The second-order valence-corrected chi connectivity index (χ2v) is 9.03. The lowest BCUT2D eigenvalue weighted by Gasteiger charge is -2.24. The summed E-state index contributed by atoms with van der Waals surface area (Å²) in [5.41, 5.74) is 0.945. The van der Waals surface area contributed by atoms with Gasteiger partial charge in [-0.3, -0.25) is 9.52 Å². The number of ether oxygens (including phenoxy) is 1. The predicted octanol–water partition coefficient (Wildman–Crippen LogP) is 2.74. The van der Waals surface area contributed by atoms with Crippen molar-refractivity contribution in [2.75, 3.05) is 22.9 Å². The van der Waals surface area contributed by atoms with Gasteiger partial charge in [0.1, 0.15) is 5.75 Å². The topological polar surface area (TPSA) is 96.5 Å². The summed E-state index contributed by atoms with van der Waals surface area (Å²) in [6, 6.07) is 5.19. The zero-order valence-corrected chi connectivity index (χ0v) is 17.3. The third-order valence-electron chi connectivity index (χ3n) is 5.29. The van der Waals surface area contributed by atoms with Crippen LogP contribution in [0.4, 0.5) is 11.4 Å². The van der Waals surface area contributed by atoms with Gasteiger partial charge in [0.05, 0.1) is 24.6 Å². The third-order valence-corrected chi connectivity index (χ3v) is 6.58. The highest BCUT2D eigenvalue weighted by molar-refractivity contribution is 7.92. The van der Waals surface area contributed by atoms with Crippen molar-refractivity contribution in [1.29, 1.82) is 0 Å². The molecule has 0 aromatic heterocycles. The first-order chi connectivity index (χ1) is 12.4. The standard InChI is InChI=1S/C18H27N3O4S.ClH/c1-3-26(23,24)21-15-9-8-13(11-17(15)25-2)19-18(22)16-10-12-6-4-5-7-14(12)20-16;/h8-9,11-12,14,16,20-21H,3-7,10H2,1-2H3,(H,19,22);1H. The molecule has 2 aliphatic rings. The molecule has 9 heteroatoms. The Morgan fingerprint density at radius 2 is 2.04 bits per heavy atom. The summed E-state index contributed by atoms with van der Waals surface area (Å²) in [7, 11) is -1.93. The first-order valence-corrected chi connectivity index (χ1v) is 10.8. The molecule has 1 amide bonds. The summed E-state index contributed by atoms with van der Waals surface area (Å²) in [6.45, 7) is 1.57. The molecule has 1 aromatic rings. The first kappa shape index (κ1) is 21.8. The summed E-state index contributed by atoms with van der Waals surface area (Å²) in [6.07, 6.45) is 5.70. The monoisotopic (exact) mass is 417 g/mol. The minimum atomic E-state index is -3.39. The smallest absolute Gasteiger partial charge is 0.241 e. The molecule has 3 unspecified atom stereocenters. The molecule has 0 bridgehead atoms. The number of fused-ring (bicyclic) bond motifs is 1. The molecule has 27 heavy (non-hydrogen) atoms. The summed E-state index contributed by atoms with van der Waals surface area (Å²) in [5, 5.41) is 6.37. The molecule has 0 radical (unpaired) electrons. The lowest BCUT2D eigenvalue weighted by molar-refractivity contribution is -0.117. The number of carbonyl (C=O) groups is 1. The molecule has 1 aromatic carbocycles. The number of hydrogen-bond acceptors (Lipinski definition) is 5. The number of hydrogen-bond donors (Lipinski definition) is 3. The number of methoxy groups -OCH3 is 1. The van der Waals surface area contributed by atoms with Crippen LogP contribution in [0.15, 0.2) is 18.2 Å². The first-order valence-electron chi connectivity index (χ1n) is 9.17. The summed E-state index contributed by atoms with van der Waals surface area (Å²) >= 11 is 0. The highest BCUT2D eigenvalue weighted by Crippen LogP contribution is 2.34. The van der Waals surface area contributed by atoms with Crippen molar-refractivity contribution in [3.63, 3.8) is 0 Å². The number of benzene rings is 1. The van der Waals surface area contributed by atoms with Gasteiger partial charge in [0.15, 0.2) is 0 Å². The van der Waals surface area contributed by atoms with Gasteiger partial charge < -0.3 is 15.4 Å². The molecule has 3 N–H and O–H groups in total. The quantitative estimate of drug-likeness (QED) is 0.661. The average molecular weight is 418 g/mol. The Morgan fingerprint density at radius 1 is 1.30 bits per heavy atom. The maximum atomic E-state index is 12.6. The van der Waals surface area contributed by atoms with Crippen LogP contribution in [0.5, 0.6) is 5.75 Å². The molecule has 1 aliphatic heterocycles. The Labute approximate surface area is 167 Å². The Morgan fingerprint density at radius 3 is 2.70 bits per heavy atom. The largest absolute Gasteiger partial charge is 0.494 e. The average Bonchev–Trinajstić information content (AvgIpc) is 3.07. The minimum absolute atomic E-state index is 0. The Balaban J connectivity index is 0.00000261. The van der Waals surface area contributed by atoms with E-state index in [9.17, 15) is 13.2 Å². The number of sulfonamides is 1. The van der Waals surface area contributed by atoms with Crippen LogP contribution in [0, 0.1) is 5.92 Å². The molecule has 1 saturated carbocycles. The number of halogens is 1. The Bertz CT molecular complexity index is 758. The van der Waals surface area contributed by atoms with Crippen LogP contribution in [-0.2, 0) is 14.8 Å². The minimum Gasteiger partial charge on any atom is -0.494 e. The van der Waals surface area contributed by atoms with E-state index in [2.05, 4.69) is 15.4 Å². The molecule has 1 saturated heterocycles. The van der Waals surface area contributed by atoms with Crippen molar-refractivity contribution in [1.82, 2.24) is 5.32 Å². The summed E-state index contributed by atoms with van der Waals surface area (Å²) in [5.74, 6) is 0.890. The van der Waals surface area contributed by atoms with Gasteiger partial charge in [-0.05, 0) is 44.2 Å². The predicted molar refractivity (Wildman–Crippen MR) is 109 cm³/mol. The highest BCUT2D eigenvalue weighted by atomic mass is 35.5. The van der Waals surface area contributed by atoms with Crippen molar-refractivity contribution in [3.05, 3.63) is 18.2 Å². The lowest BCUT2D eigenvalue weighted by Crippen LogP contribution is -2.39. The number of rotatable bonds is 6. The van der Waals surface area contributed by atoms with Gasteiger partial charge in [-0.2, -0.15) is 0 Å². The van der Waals surface area contributed by atoms with Gasteiger partial charge in [0, 0.05) is 17.8 Å². The van der Waals surface area contributed by atoms with Gasteiger partial charge in [-0.1, -0.05) is 12.8 Å². The SMILES string of the molecule is CCS(=O)(=O)Nc1ccc(NC(=O)C2CC3CCCCC3N2)cc1OC.Cl. The Hall–Kier alpha value is -1.51. The van der Waals surface area contributed by atoms with E-state index in [4.69, 9.17) is 4.74 Å². The van der Waals surface area contributed by atoms with Gasteiger partial charge in [-0.15, -0.1) is 12.4 Å². The third kappa shape index (κ3) is 5.27. The van der Waals surface area contributed by atoms with E-state index in [0.29, 0.717) is 29.1 Å². The molecular formula is C18H28ClN3O4S. The maximum Gasteiger partial charge on any atom is 0.241 e. The summed E-state index contributed by atoms with van der Waals surface area (Å²) in [4.78, 5) is 12.6. The van der Waals surface area contributed by atoms with Gasteiger partial charge in [-0.25, -0.2) is 8.42 Å². The molecule has 2 fully saturated rings. The van der Waals surface area contributed by atoms with Crippen molar-refractivity contribution in [2.24, 2.45) is 5.92 Å². The normalized spacial score (nSPS) is 24.4. The highest BCUT2D eigenvalue weighted by Gasteiger charge is 2.38. The molecule has 3 rings (SSSR count). The fraction of sp³-hybridized carbons (Fsp3) is 0.611. The molecule has 0 spiro atoms. The van der Waals surface area contributed by atoms with E-state index >= 15 is 0 Å². The fourth-order valence-corrected chi connectivity index (χ4v) is 4.49. The van der Waals surface area contributed by atoms with Crippen LogP contribution in [-0.4, -0.2) is 39.3 Å². The second-order valence-electron chi connectivity index (χ2n) is 7.02. The van der Waals surface area contributed by atoms with E-state index in [1.807, 2.05) is 0 Å². The Kier molecular flexibility index (Phi) is 7.36. The number of anilines is 2. The van der Waals surface area contributed by atoms with Crippen LogP contribution < -0.4 is 20.1 Å². The number of amides is 1. The molecule has 3 atom stereocenters. The van der Waals surface area contributed by atoms with Gasteiger partial charge >= 0.3 is 0 Å². The second kappa shape index (κ2) is 9.12. The van der Waals surface area contributed by atoms with Gasteiger partial charge in [0.25, 0.3) is 0 Å². The van der Waals surface area contributed by atoms with Crippen molar-refractivity contribution in [3.8, 4) is 5.75 Å². The number of carbonyl (C=O) groups excluding carboxylic acids is 1. The van der Waals surface area contributed by atoms with E-state index in [0.717, 1.165) is 12.8 Å². The van der Waals surface area contributed by atoms with Crippen molar-refractivity contribution >= 4 is 39.7 Å². The van der Waals surface area contributed by atoms with E-state index in [1.165, 1.54) is 26.4 Å². The van der Waals surface area contributed by atoms with Crippen LogP contribution in [0.2, 0.25) is 0 Å². The molecular weight excluding hydrogens is 390 g/mol. The molecule has 1 heterocycles. The fourth-order valence-electron chi connectivity index (χ4n) is 3.84. The molecule has 7 nitrogen and oxygen atoms in total. The van der Waals surface area contributed by atoms with Crippen molar-refractivity contribution in [2.45, 2.75) is 51.1 Å². The maximum absolute atomic E-state index is 12.6. The van der Waals surface area contributed by atoms with E-state index in [-0.39, 0.29) is 30.1 Å². The van der Waals surface area contributed by atoms with Crippen LogP contribution in [0.3, 0.4) is 0 Å². The van der Waals surface area contributed by atoms with Gasteiger partial charge in [0.2, 0.25) is 15.9 Å². The summed E-state index contributed by atoms with van der Waals surface area (Å²) < 4.78 is 31.3. The van der Waals surface area contributed by atoms with E-state index in [1.54, 1.807) is 25.1 Å². The molecule has 1 aliphatic carbocycles. The van der Waals surface area contributed by atoms with E-state index < -0.39 is 10.0 Å². The zero-order valence-electron chi connectivity index (χ0n) is 15.7. The van der Waals surface area contributed by atoms with Crippen LogP contribution in [0.1, 0.15) is 39.0 Å². The zero-order chi connectivity index (χ0) is 18.7. The van der Waals surface area contributed by atoms with Crippen LogP contribution >= 0.6 is 12.4 Å².